The third-order valence-electron chi connectivity index (χ3n) is 4.95. The van der Waals surface area contributed by atoms with Crippen LogP contribution in [0.4, 0.5) is 10.8 Å². The van der Waals surface area contributed by atoms with Gasteiger partial charge in [-0.1, -0.05) is 29.5 Å². The van der Waals surface area contributed by atoms with Crippen molar-refractivity contribution in [3.05, 3.63) is 36.5 Å². The molecule has 1 aromatic heterocycles. The Kier molecular flexibility index (Phi) is 7.30. The number of hydrogen-bond acceptors (Lipinski definition) is 6. The summed E-state index contributed by atoms with van der Waals surface area (Å²) in [6.07, 6.45) is 3.78. The van der Waals surface area contributed by atoms with E-state index in [1.54, 1.807) is 17.7 Å². The van der Waals surface area contributed by atoms with E-state index in [4.69, 9.17) is 14.2 Å². The number of thiazole rings is 1. The van der Waals surface area contributed by atoms with Gasteiger partial charge in [-0.05, 0) is 12.1 Å². The molecule has 0 saturated carbocycles. The van der Waals surface area contributed by atoms with E-state index in [2.05, 4.69) is 31.4 Å². The van der Waals surface area contributed by atoms with Crippen molar-refractivity contribution < 1.29 is 9.47 Å². The van der Waals surface area contributed by atoms with Gasteiger partial charge in [-0.25, -0.2) is 24.1 Å². The van der Waals surface area contributed by atoms with Crippen molar-refractivity contribution in [1.82, 2.24) is 19.2 Å². The maximum Gasteiger partial charge on any atom is 0.211 e. The average molecular weight is 449 g/mol. The highest BCUT2D eigenvalue weighted by Crippen LogP contribution is 2.59. The van der Waals surface area contributed by atoms with Gasteiger partial charge in [0, 0.05) is 40.3 Å². The summed E-state index contributed by atoms with van der Waals surface area (Å²) in [4.78, 5) is 11.1. The summed E-state index contributed by atoms with van der Waals surface area (Å²) in [6, 6.07) is 10.3. The van der Waals surface area contributed by atoms with E-state index in [0.717, 1.165) is 63.4 Å². The number of nitrogens with zero attached hydrogens (tertiary/aromatic N) is 6. The topological polar surface area (TPSA) is 65.8 Å². The van der Waals surface area contributed by atoms with Crippen LogP contribution >= 0.6 is 18.7 Å². The summed E-state index contributed by atoms with van der Waals surface area (Å²) in [7, 11) is 1.67. The van der Waals surface area contributed by atoms with Gasteiger partial charge in [0.1, 0.15) is 7.36 Å². The van der Waals surface area contributed by atoms with Crippen LogP contribution in [0.25, 0.3) is 0 Å². The Hall–Kier alpha value is -1.61. The van der Waals surface area contributed by atoms with E-state index in [1.807, 2.05) is 43.4 Å². The van der Waals surface area contributed by atoms with Crippen LogP contribution in [0, 0.1) is 0 Å². The Morgan fingerprint density at radius 3 is 2.17 bits per heavy atom. The summed E-state index contributed by atoms with van der Waals surface area (Å²) in [6.45, 7) is 6.32. The zero-order valence-electron chi connectivity index (χ0n) is 17.6. The van der Waals surface area contributed by atoms with E-state index in [1.165, 1.54) is 4.62 Å². The van der Waals surface area contributed by atoms with Crippen molar-refractivity contribution in [2.45, 2.75) is 0 Å². The van der Waals surface area contributed by atoms with Crippen molar-refractivity contribution in [2.75, 3.05) is 66.7 Å². The molecule has 162 valence electrons. The molecule has 0 unspecified atom stereocenters. The normalized spacial score (nSPS) is 19.3. The van der Waals surface area contributed by atoms with E-state index in [9.17, 15) is 0 Å². The van der Waals surface area contributed by atoms with Gasteiger partial charge in [0.15, 0.2) is 0 Å². The molecule has 2 fully saturated rings. The molecule has 0 radical (unpaired) electrons. The number of aliphatic imine (C=N–C) groups is 1. The van der Waals surface area contributed by atoms with Crippen LogP contribution in [-0.4, -0.2) is 92.3 Å². The maximum atomic E-state index is 5.69. The van der Waals surface area contributed by atoms with Crippen LogP contribution in [-0.2, 0) is 9.47 Å². The fourth-order valence-electron chi connectivity index (χ4n) is 3.57. The van der Waals surface area contributed by atoms with Gasteiger partial charge in [0.25, 0.3) is 0 Å². The van der Waals surface area contributed by atoms with Crippen LogP contribution in [0.3, 0.4) is 0 Å². The summed E-state index contributed by atoms with van der Waals surface area (Å²) in [5, 5.41) is 0.757. The monoisotopic (exact) mass is 448 g/mol. The number of hydrogen-bond donors (Lipinski definition) is 0. The van der Waals surface area contributed by atoms with Crippen LogP contribution < -0.4 is 4.62 Å². The lowest BCUT2D eigenvalue weighted by atomic mass is 10.3. The standard InChI is InChI=1S/C20H29N6O2PS/c1-24(2)17-22-20-21-16-19(30-20)29(25-8-12-27-13-9-25,26-10-14-28-15-11-26)23-18-6-4-3-5-7-18/h3-7,16-17H,8-15H2,1-2H3/b22-17+. The summed E-state index contributed by atoms with van der Waals surface area (Å²) in [5.74, 6) is 0. The van der Waals surface area contributed by atoms with Crippen LogP contribution in [0.2, 0.25) is 0 Å². The minimum Gasteiger partial charge on any atom is -0.379 e. The average Bonchev–Trinajstić information content (AvgIpc) is 3.27. The number of rotatable bonds is 6. The number of aromatic nitrogens is 1. The van der Waals surface area contributed by atoms with Gasteiger partial charge in [0.2, 0.25) is 5.13 Å². The second-order valence-corrected chi connectivity index (χ2v) is 11.6. The summed E-state index contributed by atoms with van der Waals surface area (Å²) >= 11 is 1.64. The molecule has 0 bridgehead atoms. The van der Waals surface area contributed by atoms with Gasteiger partial charge in [-0.2, -0.15) is 0 Å². The predicted molar refractivity (Wildman–Crippen MR) is 124 cm³/mol. The summed E-state index contributed by atoms with van der Waals surface area (Å²) < 4.78 is 23.1. The quantitative estimate of drug-likeness (QED) is 0.385. The molecule has 1 aromatic carbocycles. The molecular formula is C20H29N6O2PS. The number of benzene rings is 1. The van der Waals surface area contributed by atoms with Gasteiger partial charge in [-0.15, -0.1) is 0 Å². The first-order valence-corrected chi connectivity index (χ1v) is 12.7. The van der Waals surface area contributed by atoms with E-state index < -0.39 is 7.36 Å². The van der Waals surface area contributed by atoms with E-state index >= 15 is 0 Å². The van der Waals surface area contributed by atoms with Crippen molar-refractivity contribution in [3.8, 4) is 0 Å². The molecule has 0 aliphatic carbocycles. The largest absolute Gasteiger partial charge is 0.379 e. The zero-order valence-corrected chi connectivity index (χ0v) is 19.3. The third kappa shape index (κ3) is 4.82. The molecule has 3 heterocycles. The van der Waals surface area contributed by atoms with Gasteiger partial charge >= 0.3 is 0 Å². The minimum absolute atomic E-state index is 0.723. The molecule has 2 saturated heterocycles. The van der Waals surface area contributed by atoms with E-state index in [-0.39, 0.29) is 0 Å². The Bertz CT molecular complexity index is 870. The highest BCUT2D eigenvalue weighted by atomic mass is 32.1. The molecule has 2 aliphatic rings. The Balaban J connectivity index is 1.86. The molecule has 0 atom stereocenters. The molecule has 2 aliphatic heterocycles. The molecule has 30 heavy (non-hydrogen) atoms. The predicted octanol–water partition coefficient (Wildman–Crippen LogP) is 3.02. The molecule has 0 N–H and O–H groups in total. The van der Waals surface area contributed by atoms with Gasteiger partial charge in [0.05, 0.1) is 49.3 Å². The molecule has 4 rings (SSSR count). The van der Waals surface area contributed by atoms with E-state index in [0.29, 0.717) is 0 Å². The maximum absolute atomic E-state index is 5.69. The first kappa shape index (κ1) is 21.6. The highest BCUT2D eigenvalue weighted by molar-refractivity contribution is 7.75. The van der Waals surface area contributed by atoms with Crippen molar-refractivity contribution >= 4 is 40.5 Å². The molecule has 8 nitrogen and oxygen atoms in total. The molecular weight excluding hydrogens is 419 g/mol. The fourth-order valence-corrected chi connectivity index (χ4v) is 9.00. The van der Waals surface area contributed by atoms with Crippen molar-refractivity contribution in [2.24, 2.45) is 9.74 Å². The van der Waals surface area contributed by atoms with Crippen LogP contribution in [0.5, 0.6) is 0 Å². The Morgan fingerprint density at radius 2 is 1.60 bits per heavy atom. The van der Waals surface area contributed by atoms with Crippen LogP contribution in [0.1, 0.15) is 0 Å². The van der Waals surface area contributed by atoms with Gasteiger partial charge in [-0.3, -0.25) is 0 Å². The fraction of sp³-hybridized carbons (Fsp3) is 0.500. The highest BCUT2D eigenvalue weighted by Gasteiger charge is 2.40. The second kappa shape index (κ2) is 10.1. The Labute approximate surface area is 182 Å². The second-order valence-electron chi connectivity index (χ2n) is 7.33. The number of morpholine rings is 2. The lowest BCUT2D eigenvalue weighted by Crippen LogP contribution is -2.45. The lowest BCUT2D eigenvalue weighted by molar-refractivity contribution is 0.0579. The number of ether oxygens (including phenoxy) is 2. The smallest absolute Gasteiger partial charge is 0.211 e. The first-order chi connectivity index (χ1) is 14.7. The first-order valence-electron chi connectivity index (χ1n) is 10.2. The Morgan fingerprint density at radius 1 is 1.00 bits per heavy atom. The molecule has 2 aromatic rings. The van der Waals surface area contributed by atoms with Crippen molar-refractivity contribution in [3.63, 3.8) is 0 Å². The van der Waals surface area contributed by atoms with Gasteiger partial charge < -0.3 is 14.4 Å². The molecule has 10 heteroatoms. The van der Waals surface area contributed by atoms with Crippen LogP contribution in [0.15, 0.2) is 46.3 Å². The third-order valence-corrected chi connectivity index (χ3v) is 10.3. The minimum atomic E-state index is -2.25. The zero-order chi connectivity index (χ0) is 20.8. The lowest BCUT2D eigenvalue weighted by Gasteiger charge is -2.45. The van der Waals surface area contributed by atoms with Crippen molar-refractivity contribution in [1.29, 1.82) is 0 Å². The molecule has 0 spiro atoms. The summed E-state index contributed by atoms with van der Waals surface area (Å²) in [5.41, 5.74) is 0.996. The SMILES string of the molecule is CN(C)/C=N/c1ncc(P(=Nc2ccccc2)(N2CCOCC2)N2CCOCC2)s1. The molecule has 0 amide bonds.